The summed E-state index contributed by atoms with van der Waals surface area (Å²) in [6.07, 6.45) is 0. The molecule has 1 aromatic rings. The van der Waals surface area contributed by atoms with Gasteiger partial charge in [-0.1, -0.05) is 30.3 Å². The number of benzene rings is 1. The van der Waals surface area contributed by atoms with Crippen molar-refractivity contribution in [3.05, 3.63) is 35.9 Å². The van der Waals surface area contributed by atoms with Gasteiger partial charge in [0.15, 0.2) is 0 Å². The summed E-state index contributed by atoms with van der Waals surface area (Å²) in [5.41, 5.74) is 1.23. The fourth-order valence-corrected chi connectivity index (χ4v) is 1.96. The van der Waals surface area contributed by atoms with Gasteiger partial charge in [0.05, 0.1) is 0 Å². The number of rotatable bonds is 2. The Balaban J connectivity index is 2.02. The van der Waals surface area contributed by atoms with Crippen molar-refractivity contribution in [3.63, 3.8) is 0 Å². The van der Waals surface area contributed by atoms with Crippen molar-refractivity contribution in [2.24, 2.45) is 0 Å². The second-order valence-electron chi connectivity index (χ2n) is 4.22. The highest BCUT2D eigenvalue weighted by atomic mass is 15.2. The van der Waals surface area contributed by atoms with Crippen LogP contribution in [0.4, 0.5) is 0 Å². The van der Waals surface area contributed by atoms with E-state index in [0.717, 1.165) is 13.1 Å². The standard InChI is InChI=1S/C13H20N2/c1-11-9-15(12(2)8-14-11)10-13-6-4-3-5-7-13/h3-7,11-12,14H,8-10H2,1-2H3/t11-,12+/m1/s1/i1D3. The van der Waals surface area contributed by atoms with E-state index < -0.39 is 12.9 Å². The Labute approximate surface area is 96.5 Å². The fraction of sp³-hybridized carbons (Fsp3) is 0.538. The van der Waals surface area contributed by atoms with Gasteiger partial charge in [0.2, 0.25) is 0 Å². The van der Waals surface area contributed by atoms with E-state index in [1.807, 2.05) is 18.2 Å². The van der Waals surface area contributed by atoms with Crippen LogP contribution in [0.15, 0.2) is 30.3 Å². The third-order valence-corrected chi connectivity index (χ3v) is 2.93. The van der Waals surface area contributed by atoms with Gasteiger partial charge in [-0.05, 0) is 19.3 Å². The molecule has 0 saturated carbocycles. The summed E-state index contributed by atoms with van der Waals surface area (Å²) >= 11 is 0. The fourth-order valence-electron chi connectivity index (χ4n) is 1.96. The van der Waals surface area contributed by atoms with Gasteiger partial charge in [-0.2, -0.15) is 0 Å². The Bertz CT molecular complexity index is 378. The number of hydrogen-bond donors (Lipinski definition) is 1. The summed E-state index contributed by atoms with van der Waals surface area (Å²) in [7, 11) is 0. The van der Waals surface area contributed by atoms with Crippen LogP contribution in [0, 0.1) is 0 Å². The lowest BCUT2D eigenvalue weighted by molar-refractivity contribution is 0.139. The van der Waals surface area contributed by atoms with Crippen LogP contribution in [-0.4, -0.2) is 30.1 Å². The number of piperazine rings is 1. The zero-order valence-electron chi connectivity index (χ0n) is 12.1. The van der Waals surface area contributed by atoms with E-state index >= 15 is 0 Å². The molecule has 0 aliphatic carbocycles. The SMILES string of the molecule is [2H]C([2H])([2H])[C@@H]1CN(Cc2ccccc2)[C@@H](C)CN1. The zero-order chi connectivity index (χ0) is 13.2. The van der Waals surface area contributed by atoms with Crippen molar-refractivity contribution < 1.29 is 4.11 Å². The maximum Gasteiger partial charge on any atom is 0.0247 e. The molecular weight excluding hydrogens is 184 g/mol. The Morgan fingerprint density at radius 2 is 2.27 bits per heavy atom. The molecule has 1 aromatic carbocycles. The summed E-state index contributed by atoms with van der Waals surface area (Å²) in [5, 5.41) is 3.12. The van der Waals surface area contributed by atoms with Crippen LogP contribution < -0.4 is 5.32 Å². The summed E-state index contributed by atoms with van der Waals surface area (Å²) in [5.74, 6) is 0. The van der Waals surface area contributed by atoms with E-state index in [0.29, 0.717) is 12.6 Å². The van der Waals surface area contributed by atoms with Crippen molar-refractivity contribution in [1.29, 1.82) is 0 Å². The van der Waals surface area contributed by atoms with E-state index in [-0.39, 0.29) is 0 Å². The molecule has 2 rings (SSSR count). The predicted octanol–water partition coefficient (Wildman–Crippen LogP) is 1.87. The molecule has 2 atom stereocenters. The summed E-state index contributed by atoms with van der Waals surface area (Å²) < 4.78 is 22.5. The van der Waals surface area contributed by atoms with Gasteiger partial charge in [-0.15, -0.1) is 0 Å². The zero-order valence-corrected chi connectivity index (χ0v) is 9.11. The van der Waals surface area contributed by atoms with Gasteiger partial charge in [0.25, 0.3) is 0 Å². The molecule has 82 valence electrons. The first-order valence-electron chi connectivity index (χ1n) is 6.98. The average Bonchev–Trinajstić information content (AvgIpc) is 2.32. The van der Waals surface area contributed by atoms with Crippen LogP contribution in [0.3, 0.4) is 0 Å². The molecule has 15 heavy (non-hydrogen) atoms. The third-order valence-electron chi connectivity index (χ3n) is 2.93. The molecule has 1 saturated heterocycles. The van der Waals surface area contributed by atoms with Crippen molar-refractivity contribution in [3.8, 4) is 0 Å². The first-order chi connectivity index (χ1) is 8.47. The van der Waals surface area contributed by atoms with Crippen molar-refractivity contribution in [2.45, 2.75) is 32.4 Å². The summed E-state index contributed by atoms with van der Waals surface area (Å²) in [6, 6.07) is 10.1. The molecule has 2 nitrogen and oxygen atoms in total. The lowest BCUT2D eigenvalue weighted by Crippen LogP contribution is -2.53. The van der Waals surface area contributed by atoms with Crippen molar-refractivity contribution in [2.75, 3.05) is 13.1 Å². The Morgan fingerprint density at radius 3 is 3.00 bits per heavy atom. The van der Waals surface area contributed by atoms with Gasteiger partial charge < -0.3 is 5.32 Å². The quantitative estimate of drug-likeness (QED) is 0.796. The van der Waals surface area contributed by atoms with E-state index in [1.165, 1.54) is 5.56 Å². The van der Waals surface area contributed by atoms with E-state index in [1.54, 1.807) is 0 Å². The van der Waals surface area contributed by atoms with E-state index in [2.05, 4.69) is 29.3 Å². The van der Waals surface area contributed by atoms with E-state index in [4.69, 9.17) is 4.11 Å². The molecule has 0 spiro atoms. The Morgan fingerprint density at radius 1 is 1.47 bits per heavy atom. The van der Waals surface area contributed by atoms with Gasteiger partial charge in [-0.3, -0.25) is 4.90 Å². The minimum absolute atomic E-state index is 0.365. The van der Waals surface area contributed by atoms with Crippen LogP contribution >= 0.6 is 0 Å². The minimum Gasteiger partial charge on any atom is -0.311 e. The number of nitrogens with zero attached hydrogens (tertiary/aromatic N) is 1. The maximum absolute atomic E-state index is 7.51. The Kier molecular flexibility index (Phi) is 2.36. The van der Waals surface area contributed by atoms with Gasteiger partial charge in [0.1, 0.15) is 0 Å². The molecule has 1 aliphatic heterocycles. The molecule has 0 amide bonds. The molecule has 1 fully saturated rings. The van der Waals surface area contributed by atoms with E-state index in [9.17, 15) is 0 Å². The first kappa shape index (κ1) is 7.42. The second kappa shape index (κ2) is 4.77. The Hall–Kier alpha value is -0.860. The molecule has 0 radical (unpaired) electrons. The first-order valence-corrected chi connectivity index (χ1v) is 5.48. The summed E-state index contributed by atoms with van der Waals surface area (Å²) in [4.78, 5) is 2.24. The van der Waals surface area contributed by atoms with Gasteiger partial charge in [-0.25, -0.2) is 0 Å². The normalized spacial score (nSPS) is 31.7. The highest BCUT2D eigenvalue weighted by Crippen LogP contribution is 2.11. The molecule has 1 heterocycles. The smallest absolute Gasteiger partial charge is 0.0247 e. The lowest BCUT2D eigenvalue weighted by atomic mass is 10.1. The predicted molar refractivity (Wildman–Crippen MR) is 63.8 cm³/mol. The minimum atomic E-state index is -1.92. The van der Waals surface area contributed by atoms with Gasteiger partial charge >= 0.3 is 0 Å². The molecular formula is C13H20N2. The third kappa shape index (κ3) is 2.80. The lowest BCUT2D eigenvalue weighted by Gasteiger charge is -2.37. The molecule has 1 N–H and O–H groups in total. The number of hydrogen-bond acceptors (Lipinski definition) is 2. The average molecular weight is 207 g/mol. The highest BCUT2D eigenvalue weighted by molar-refractivity contribution is 5.14. The van der Waals surface area contributed by atoms with Gasteiger partial charge in [0, 0.05) is 35.8 Å². The molecule has 0 bridgehead atoms. The van der Waals surface area contributed by atoms with Crippen LogP contribution in [0.1, 0.15) is 23.5 Å². The molecule has 2 heteroatoms. The highest BCUT2D eigenvalue weighted by Gasteiger charge is 2.21. The molecule has 1 aliphatic rings. The summed E-state index contributed by atoms with van der Waals surface area (Å²) in [6.45, 7) is 2.33. The molecule has 0 aromatic heterocycles. The topological polar surface area (TPSA) is 15.3 Å². The molecule has 0 unspecified atom stereocenters. The van der Waals surface area contributed by atoms with Crippen LogP contribution in [0.2, 0.25) is 0 Å². The van der Waals surface area contributed by atoms with Crippen LogP contribution in [0.25, 0.3) is 0 Å². The maximum atomic E-state index is 7.51. The van der Waals surface area contributed by atoms with Crippen LogP contribution in [0.5, 0.6) is 0 Å². The largest absolute Gasteiger partial charge is 0.311 e. The van der Waals surface area contributed by atoms with Crippen molar-refractivity contribution >= 4 is 0 Å². The second-order valence-corrected chi connectivity index (χ2v) is 4.22. The monoisotopic (exact) mass is 207 g/mol. The van der Waals surface area contributed by atoms with Crippen molar-refractivity contribution in [1.82, 2.24) is 10.2 Å². The number of nitrogens with one attached hydrogen (secondary N) is 1. The van der Waals surface area contributed by atoms with Crippen LogP contribution in [-0.2, 0) is 6.54 Å².